The Morgan fingerprint density at radius 3 is 2.00 bits per heavy atom. The minimum Gasteiger partial charge on any atom is -0.390 e. The third-order valence-corrected chi connectivity index (χ3v) is 6.09. The maximum atomic E-state index is 13.7. The van der Waals surface area contributed by atoms with Crippen LogP contribution in [0.5, 0.6) is 0 Å². The van der Waals surface area contributed by atoms with Crippen LogP contribution in [0.3, 0.4) is 0 Å². The van der Waals surface area contributed by atoms with E-state index in [1.807, 2.05) is 0 Å². The first-order chi connectivity index (χ1) is 10.0. The minimum absolute atomic E-state index is 0.236. The van der Waals surface area contributed by atoms with E-state index < -0.39 is 47.9 Å². The summed E-state index contributed by atoms with van der Waals surface area (Å²) in [6.07, 6.45) is -9.84. The number of ether oxygens (including phenoxy) is 1. The third kappa shape index (κ3) is 6.91. The Balaban J connectivity index is 2.83. The number of halogens is 2. The quantitative estimate of drug-likeness (QED) is 0.367. The van der Waals surface area contributed by atoms with Crippen LogP contribution in [-0.4, -0.2) is 49.1 Å². The van der Waals surface area contributed by atoms with Crippen molar-refractivity contribution in [3.05, 3.63) is 0 Å². The fourth-order valence-electron chi connectivity index (χ4n) is 1.67. The van der Waals surface area contributed by atoms with Crippen molar-refractivity contribution >= 4 is 23.5 Å². The molecule has 1 saturated heterocycles. The summed E-state index contributed by atoms with van der Waals surface area (Å²) in [5, 5.41) is 9.35. The minimum atomic E-state index is -6.04. The summed E-state index contributed by atoms with van der Waals surface area (Å²) in [6, 6.07) is 0. The molecule has 23 heavy (non-hydrogen) atoms. The molecule has 0 radical (unpaired) electrons. The number of rotatable bonds is 7. The van der Waals surface area contributed by atoms with Gasteiger partial charge in [0.15, 0.2) is 6.10 Å². The van der Waals surface area contributed by atoms with Gasteiger partial charge in [-0.3, -0.25) is 0 Å². The van der Waals surface area contributed by atoms with E-state index in [0.717, 1.165) is 0 Å². The predicted molar refractivity (Wildman–Crippen MR) is 64.9 cm³/mol. The van der Waals surface area contributed by atoms with Crippen molar-refractivity contribution in [3.63, 3.8) is 0 Å². The van der Waals surface area contributed by atoms with Crippen molar-refractivity contribution in [3.8, 4) is 0 Å². The van der Waals surface area contributed by atoms with E-state index in [0.29, 0.717) is 0 Å². The Kier molecular flexibility index (Phi) is 6.31. The Morgan fingerprint density at radius 1 is 1.09 bits per heavy atom. The average molecular weight is 408 g/mol. The Labute approximate surface area is 127 Å². The van der Waals surface area contributed by atoms with E-state index in [-0.39, 0.29) is 6.42 Å². The molecule has 17 heteroatoms. The van der Waals surface area contributed by atoms with Gasteiger partial charge in [0.2, 0.25) is 0 Å². The molecule has 0 aromatic rings. The molecule has 5 N–H and O–H groups in total. The Hall–Kier alpha value is 0.190. The van der Waals surface area contributed by atoms with Crippen LogP contribution in [-0.2, 0) is 31.6 Å². The molecule has 1 aliphatic heterocycles. The molecule has 138 valence electrons. The number of phosphoric acid groups is 3. The second-order valence-corrected chi connectivity index (χ2v) is 8.76. The van der Waals surface area contributed by atoms with Gasteiger partial charge >= 0.3 is 29.6 Å². The van der Waals surface area contributed by atoms with Crippen LogP contribution in [0.4, 0.5) is 8.78 Å². The van der Waals surface area contributed by atoms with Crippen LogP contribution < -0.4 is 0 Å². The molecule has 5 atom stereocenters. The van der Waals surface area contributed by atoms with E-state index in [4.69, 9.17) is 19.6 Å². The van der Waals surface area contributed by atoms with Gasteiger partial charge in [0.05, 0.1) is 12.2 Å². The van der Waals surface area contributed by atoms with E-state index >= 15 is 0 Å². The smallest absolute Gasteiger partial charge is 0.390 e. The number of alkyl halides is 2. The number of aliphatic hydroxyl groups excluding tert-OH is 1. The zero-order valence-electron chi connectivity index (χ0n) is 11.1. The van der Waals surface area contributed by atoms with Gasteiger partial charge in [-0.2, -0.15) is 17.4 Å². The van der Waals surface area contributed by atoms with E-state index in [1.165, 1.54) is 6.92 Å². The lowest BCUT2D eigenvalue weighted by Crippen LogP contribution is -2.42. The van der Waals surface area contributed by atoms with Crippen molar-refractivity contribution in [2.75, 3.05) is 0 Å². The van der Waals surface area contributed by atoms with Crippen molar-refractivity contribution in [1.82, 2.24) is 0 Å². The standard InChI is InChI=1S/C6H13F2O12P3/c1-3-2-4(9)5(17-3)6(7,8)18-22(13,14)20-23(15,16)19-21(10,11)12/h3-5,9H,2H2,1H3,(H,13,14)(H,15,16)(H2,10,11,12)/t3-,4?,5-/m0/s1. The van der Waals surface area contributed by atoms with Crippen LogP contribution in [0.15, 0.2) is 0 Å². The summed E-state index contributed by atoms with van der Waals surface area (Å²) >= 11 is 0. The highest BCUT2D eigenvalue weighted by Gasteiger charge is 2.56. The number of hydrogen-bond acceptors (Lipinski definition) is 8. The van der Waals surface area contributed by atoms with Crippen LogP contribution >= 0.6 is 23.5 Å². The Bertz CT molecular complexity index is 575. The monoisotopic (exact) mass is 408 g/mol. The molecular formula is C6H13F2O12P3. The van der Waals surface area contributed by atoms with Gasteiger partial charge in [-0.1, -0.05) is 0 Å². The molecule has 0 aliphatic carbocycles. The van der Waals surface area contributed by atoms with E-state index in [1.54, 1.807) is 0 Å². The van der Waals surface area contributed by atoms with Crippen molar-refractivity contribution < 1.29 is 65.0 Å². The highest BCUT2D eigenvalue weighted by Crippen LogP contribution is 2.67. The van der Waals surface area contributed by atoms with Crippen molar-refractivity contribution in [1.29, 1.82) is 0 Å². The van der Waals surface area contributed by atoms with E-state index in [9.17, 15) is 27.6 Å². The van der Waals surface area contributed by atoms with Crippen molar-refractivity contribution in [2.45, 2.75) is 37.8 Å². The fraction of sp³-hybridized carbons (Fsp3) is 1.00. The average Bonchev–Trinajstić information content (AvgIpc) is 2.50. The van der Waals surface area contributed by atoms with Gasteiger partial charge in [0.25, 0.3) is 0 Å². The predicted octanol–water partition coefficient (Wildman–Crippen LogP) is 0.461. The first-order valence-corrected chi connectivity index (χ1v) is 10.1. The zero-order chi connectivity index (χ0) is 18.3. The lowest BCUT2D eigenvalue weighted by Gasteiger charge is -2.26. The second-order valence-electron chi connectivity index (χ2n) is 4.41. The number of aliphatic hydroxyl groups is 1. The molecule has 0 aromatic heterocycles. The van der Waals surface area contributed by atoms with E-state index in [2.05, 4.69) is 17.9 Å². The van der Waals surface area contributed by atoms with Crippen LogP contribution in [0.1, 0.15) is 13.3 Å². The summed E-state index contributed by atoms with van der Waals surface area (Å²) in [7, 11) is -17.6. The summed E-state index contributed by atoms with van der Waals surface area (Å²) in [5.74, 6) is 0. The molecule has 1 fully saturated rings. The normalized spacial score (nSPS) is 31.6. The molecule has 0 spiro atoms. The lowest BCUT2D eigenvalue weighted by molar-refractivity contribution is -0.266. The summed E-state index contributed by atoms with van der Waals surface area (Å²) in [6.45, 7) is 1.32. The van der Waals surface area contributed by atoms with Gasteiger partial charge in [-0.05, 0) is 6.92 Å². The number of hydrogen-bond donors (Lipinski definition) is 5. The van der Waals surface area contributed by atoms with Crippen LogP contribution in [0.25, 0.3) is 0 Å². The first-order valence-electron chi connectivity index (χ1n) is 5.59. The molecule has 12 nitrogen and oxygen atoms in total. The molecule has 1 rings (SSSR count). The fourth-order valence-corrected chi connectivity index (χ4v) is 4.72. The van der Waals surface area contributed by atoms with Gasteiger partial charge in [-0.15, -0.1) is 0 Å². The second kappa shape index (κ2) is 6.83. The highest BCUT2D eigenvalue weighted by molar-refractivity contribution is 7.66. The summed E-state index contributed by atoms with van der Waals surface area (Å²) in [5.41, 5.74) is 0. The van der Waals surface area contributed by atoms with Gasteiger partial charge in [0, 0.05) is 6.42 Å². The number of phosphoric ester groups is 1. The molecule has 0 bridgehead atoms. The molecule has 0 amide bonds. The molecular weight excluding hydrogens is 395 g/mol. The SMILES string of the molecule is C[C@H]1CC(O)[C@@H](C(F)(F)OP(=O)(O)OP(=O)(O)OP(=O)(O)O)O1. The maximum Gasteiger partial charge on any atom is 0.490 e. The van der Waals surface area contributed by atoms with Gasteiger partial charge in [-0.25, -0.2) is 18.2 Å². The molecule has 1 heterocycles. The molecule has 3 unspecified atom stereocenters. The van der Waals surface area contributed by atoms with Gasteiger partial charge in [0.1, 0.15) is 0 Å². The molecule has 0 aromatic carbocycles. The highest BCUT2D eigenvalue weighted by atomic mass is 31.3. The first kappa shape index (κ1) is 21.2. The zero-order valence-corrected chi connectivity index (χ0v) is 13.8. The van der Waals surface area contributed by atoms with Gasteiger partial charge < -0.3 is 29.4 Å². The summed E-state index contributed by atoms with van der Waals surface area (Å²) < 4.78 is 74.5. The largest absolute Gasteiger partial charge is 0.490 e. The van der Waals surface area contributed by atoms with Crippen LogP contribution in [0.2, 0.25) is 0 Å². The molecule has 1 aliphatic rings. The third-order valence-electron chi connectivity index (χ3n) is 2.29. The lowest BCUT2D eigenvalue weighted by atomic mass is 10.1. The topological polar surface area (TPSA) is 189 Å². The van der Waals surface area contributed by atoms with Crippen LogP contribution in [0, 0.1) is 0 Å². The maximum absolute atomic E-state index is 13.7. The summed E-state index contributed by atoms with van der Waals surface area (Å²) in [4.78, 5) is 34.4. The van der Waals surface area contributed by atoms with Crippen molar-refractivity contribution in [2.24, 2.45) is 0 Å². The molecule has 0 saturated carbocycles. The Morgan fingerprint density at radius 2 is 1.61 bits per heavy atom.